The van der Waals surface area contributed by atoms with Crippen LogP contribution >= 0.6 is 11.8 Å². The number of furan rings is 1. The molecule has 3 N–H and O–H groups in total. The molecule has 9 nitrogen and oxygen atoms in total. The van der Waals surface area contributed by atoms with Crippen molar-refractivity contribution in [1.82, 2.24) is 10.3 Å². The van der Waals surface area contributed by atoms with Gasteiger partial charge >= 0.3 is 0 Å². The van der Waals surface area contributed by atoms with Gasteiger partial charge in [-0.15, -0.1) is 11.8 Å². The third-order valence-electron chi connectivity index (χ3n) is 7.09. The van der Waals surface area contributed by atoms with Crippen molar-refractivity contribution < 1.29 is 23.2 Å². The Morgan fingerprint density at radius 1 is 0.830 bits per heavy atom. The van der Waals surface area contributed by atoms with E-state index in [9.17, 15) is 14.4 Å². The molecule has 234 valence electrons. The second kappa shape index (κ2) is 14.5. The van der Waals surface area contributed by atoms with Crippen LogP contribution in [-0.2, 0) is 9.59 Å². The summed E-state index contributed by atoms with van der Waals surface area (Å²) in [5.74, 6) is -0.182. The maximum absolute atomic E-state index is 13.4. The van der Waals surface area contributed by atoms with E-state index in [1.54, 1.807) is 60.7 Å². The number of rotatable bonds is 11. The molecule has 2 aromatic heterocycles. The molecule has 0 spiro atoms. The fourth-order valence-corrected chi connectivity index (χ4v) is 5.72. The van der Waals surface area contributed by atoms with Gasteiger partial charge in [-0.2, -0.15) is 0 Å². The molecule has 2 heterocycles. The molecule has 6 aromatic rings. The van der Waals surface area contributed by atoms with Crippen LogP contribution in [-0.4, -0.2) is 28.0 Å². The van der Waals surface area contributed by atoms with E-state index in [0.29, 0.717) is 40.6 Å². The average Bonchev–Trinajstić information content (AvgIpc) is 3.78. The lowest BCUT2D eigenvalue weighted by Gasteiger charge is -2.16. The third kappa shape index (κ3) is 7.86. The Morgan fingerprint density at radius 3 is 2.36 bits per heavy atom. The zero-order valence-electron chi connectivity index (χ0n) is 25.3. The fraction of sp³-hybridized carbons (Fsp3) is 0.0811. The summed E-state index contributed by atoms with van der Waals surface area (Å²) in [6.07, 6.45) is 3.53. The molecule has 0 saturated carbocycles. The highest BCUT2D eigenvalue weighted by atomic mass is 32.2. The third-order valence-corrected chi connectivity index (χ3v) is 8.44. The van der Waals surface area contributed by atoms with Crippen LogP contribution in [0.25, 0.3) is 28.6 Å². The minimum absolute atomic E-state index is 0.0137. The van der Waals surface area contributed by atoms with Gasteiger partial charge in [-0.25, -0.2) is 4.98 Å². The van der Waals surface area contributed by atoms with Gasteiger partial charge in [0.15, 0.2) is 5.58 Å². The van der Waals surface area contributed by atoms with Crippen molar-refractivity contribution >= 4 is 58.0 Å². The van der Waals surface area contributed by atoms with Gasteiger partial charge in [-0.3, -0.25) is 14.4 Å². The van der Waals surface area contributed by atoms with Crippen molar-refractivity contribution in [1.29, 1.82) is 0 Å². The lowest BCUT2D eigenvalue weighted by molar-refractivity contribution is -0.116. The number of nitrogens with zero attached hydrogens (tertiary/aromatic N) is 1. The standard InChI is InChI=1S/C37H30N4O5S/c1-2-33(36(44)38-26-19-17-25(18-20-26)37-41-30-15-6-7-16-32(30)46-37)47-29-14-8-12-27(22-29)39-35(43)31(23-28-13-9-21-45-28)40-34(42)24-10-4-3-5-11-24/h3-23,33H,2H2,1H3,(H,38,44)(H,39,43)(H,40,42)/b31-23-. The minimum atomic E-state index is -0.529. The van der Waals surface area contributed by atoms with Crippen molar-refractivity contribution in [3.8, 4) is 11.5 Å². The van der Waals surface area contributed by atoms with Crippen molar-refractivity contribution in [2.45, 2.75) is 23.5 Å². The number of nitrogens with one attached hydrogen (secondary N) is 3. The van der Waals surface area contributed by atoms with Crippen molar-refractivity contribution in [2.75, 3.05) is 10.6 Å². The molecule has 6 rings (SSSR count). The van der Waals surface area contributed by atoms with Gasteiger partial charge in [0.25, 0.3) is 11.8 Å². The minimum Gasteiger partial charge on any atom is -0.465 e. The molecule has 0 fully saturated rings. The summed E-state index contributed by atoms with van der Waals surface area (Å²) < 4.78 is 11.2. The SMILES string of the molecule is CCC(Sc1cccc(NC(=O)/C(=C/c2ccco2)NC(=O)c2ccccc2)c1)C(=O)Nc1ccc(-c2nc3ccccc3o2)cc1. The van der Waals surface area contributed by atoms with Gasteiger partial charge < -0.3 is 24.8 Å². The number of hydrogen-bond acceptors (Lipinski definition) is 7. The predicted molar refractivity (Wildman–Crippen MR) is 184 cm³/mol. The van der Waals surface area contributed by atoms with E-state index in [-0.39, 0.29) is 11.6 Å². The lowest BCUT2D eigenvalue weighted by Crippen LogP contribution is -2.30. The molecule has 0 aliphatic rings. The molecular formula is C37H30N4O5S. The van der Waals surface area contributed by atoms with Crippen LogP contribution in [0.4, 0.5) is 11.4 Å². The van der Waals surface area contributed by atoms with Crippen molar-refractivity contribution in [3.63, 3.8) is 0 Å². The van der Waals surface area contributed by atoms with E-state index < -0.39 is 17.1 Å². The molecule has 4 aromatic carbocycles. The number of carbonyl (C=O) groups is 3. The fourth-order valence-electron chi connectivity index (χ4n) is 4.70. The van der Waals surface area contributed by atoms with Gasteiger partial charge in [0.1, 0.15) is 17.0 Å². The molecule has 3 amide bonds. The summed E-state index contributed by atoms with van der Waals surface area (Å²) in [5.41, 5.74) is 3.89. The normalized spacial score (nSPS) is 12.0. The Bertz CT molecular complexity index is 2000. The summed E-state index contributed by atoms with van der Waals surface area (Å²) >= 11 is 1.39. The van der Waals surface area contributed by atoms with Crippen LogP contribution in [0.3, 0.4) is 0 Å². The number of aromatic nitrogens is 1. The van der Waals surface area contributed by atoms with Crippen LogP contribution in [0, 0.1) is 0 Å². The summed E-state index contributed by atoms with van der Waals surface area (Å²) in [6.45, 7) is 1.94. The molecule has 0 bridgehead atoms. The number of thioether (sulfide) groups is 1. The van der Waals surface area contributed by atoms with E-state index in [2.05, 4.69) is 20.9 Å². The molecule has 1 atom stereocenters. The highest BCUT2D eigenvalue weighted by molar-refractivity contribution is 8.00. The van der Waals surface area contributed by atoms with E-state index in [4.69, 9.17) is 8.83 Å². The molecule has 47 heavy (non-hydrogen) atoms. The first-order valence-electron chi connectivity index (χ1n) is 14.9. The average molecular weight is 643 g/mol. The quantitative estimate of drug-likeness (QED) is 0.0965. The van der Waals surface area contributed by atoms with Crippen LogP contribution in [0.1, 0.15) is 29.5 Å². The number of amides is 3. The maximum atomic E-state index is 13.4. The van der Waals surface area contributed by atoms with E-state index in [1.165, 1.54) is 24.1 Å². The van der Waals surface area contributed by atoms with Crippen LogP contribution < -0.4 is 16.0 Å². The van der Waals surface area contributed by atoms with E-state index >= 15 is 0 Å². The van der Waals surface area contributed by atoms with Gasteiger partial charge in [-0.05, 0) is 85.3 Å². The molecule has 1 unspecified atom stereocenters. The second-order valence-electron chi connectivity index (χ2n) is 10.4. The Labute approximate surface area is 275 Å². The molecule has 0 aliphatic heterocycles. The molecular weight excluding hydrogens is 612 g/mol. The van der Waals surface area contributed by atoms with Gasteiger partial charge in [-0.1, -0.05) is 43.3 Å². The number of fused-ring (bicyclic) bond motifs is 1. The summed E-state index contributed by atoms with van der Waals surface area (Å²) in [4.78, 5) is 44.8. The predicted octanol–water partition coefficient (Wildman–Crippen LogP) is 8.01. The van der Waals surface area contributed by atoms with Gasteiger partial charge in [0, 0.05) is 33.5 Å². The Hall–Kier alpha value is -5.87. The van der Waals surface area contributed by atoms with Crippen LogP contribution in [0.2, 0.25) is 0 Å². The van der Waals surface area contributed by atoms with Crippen molar-refractivity contribution in [2.24, 2.45) is 0 Å². The molecule has 10 heteroatoms. The number of hydrogen-bond donors (Lipinski definition) is 3. The van der Waals surface area contributed by atoms with E-state index in [0.717, 1.165) is 16.0 Å². The summed E-state index contributed by atoms with van der Waals surface area (Å²) in [7, 11) is 0. The van der Waals surface area contributed by atoms with Crippen LogP contribution in [0.15, 0.2) is 141 Å². The number of oxazole rings is 1. The van der Waals surface area contributed by atoms with Crippen LogP contribution in [0.5, 0.6) is 0 Å². The summed E-state index contributed by atoms with van der Waals surface area (Å²) in [6, 6.07) is 34.1. The topological polar surface area (TPSA) is 126 Å². The molecule has 0 aliphatic carbocycles. The Morgan fingerprint density at radius 2 is 1.62 bits per heavy atom. The molecule has 0 saturated heterocycles. The zero-order valence-corrected chi connectivity index (χ0v) is 26.1. The zero-order chi connectivity index (χ0) is 32.6. The van der Waals surface area contributed by atoms with Gasteiger partial charge in [0.05, 0.1) is 11.5 Å². The number of benzene rings is 4. The largest absolute Gasteiger partial charge is 0.465 e. The maximum Gasteiger partial charge on any atom is 0.272 e. The Kier molecular flexibility index (Phi) is 9.59. The lowest BCUT2D eigenvalue weighted by atomic mass is 10.2. The monoisotopic (exact) mass is 642 g/mol. The van der Waals surface area contributed by atoms with Crippen molar-refractivity contribution in [3.05, 3.63) is 139 Å². The number of para-hydroxylation sites is 2. The van der Waals surface area contributed by atoms with Gasteiger partial charge in [0.2, 0.25) is 11.8 Å². The summed E-state index contributed by atoms with van der Waals surface area (Å²) in [5, 5.41) is 8.14. The first kappa shape index (κ1) is 31.1. The first-order valence-corrected chi connectivity index (χ1v) is 15.8. The second-order valence-corrected chi connectivity index (χ2v) is 11.7. The highest BCUT2D eigenvalue weighted by Gasteiger charge is 2.20. The molecule has 0 radical (unpaired) electrons. The highest BCUT2D eigenvalue weighted by Crippen LogP contribution is 2.30. The van der Waals surface area contributed by atoms with E-state index in [1.807, 2.05) is 61.5 Å². The Balaban J connectivity index is 1.10. The number of carbonyl (C=O) groups excluding carboxylic acids is 3. The smallest absolute Gasteiger partial charge is 0.272 e. The first-order chi connectivity index (χ1) is 22.9. The number of anilines is 2.